The van der Waals surface area contributed by atoms with E-state index in [1.807, 2.05) is 0 Å². The number of aromatic nitrogens is 1. The van der Waals surface area contributed by atoms with Gasteiger partial charge in [0.25, 0.3) is 0 Å². The van der Waals surface area contributed by atoms with Crippen LogP contribution < -0.4 is 5.73 Å². The third-order valence-electron chi connectivity index (χ3n) is 1.81. The predicted molar refractivity (Wildman–Crippen MR) is 61.4 cm³/mol. The summed E-state index contributed by atoms with van der Waals surface area (Å²) in [6, 6.07) is 1.13. The second-order valence-corrected chi connectivity index (χ2v) is 3.24. The summed E-state index contributed by atoms with van der Waals surface area (Å²) in [6.07, 6.45) is 2.33. The maximum Gasteiger partial charge on any atom is 0.330 e. The van der Waals surface area contributed by atoms with Crippen LogP contribution in [0.1, 0.15) is 5.56 Å². The summed E-state index contributed by atoms with van der Waals surface area (Å²) in [5.41, 5.74) is 5.15. The highest BCUT2D eigenvalue weighted by molar-refractivity contribution is 6.31. The second-order valence-electron chi connectivity index (χ2n) is 2.89. The highest BCUT2D eigenvalue weighted by atomic mass is 35.5. The summed E-state index contributed by atoms with van der Waals surface area (Å²) in [4.78, 5) is 24.4. The molecule has 17 heavy (non-hydrogen) atoms. The maximum atomic E-state index is 10.9. The van der Waals surface area contributed by atoms with E-state index in [2.05, 4.69) is 9.72 Å². The van der Waals surface area contributed by atoms with Crippen molar-refractivity contribution in [3.05, 3.63) is 33.0 Å². The van der Waals surface area contributed by atoms with Crippen molar-refractivity contribution >= 4 is 35.2 Å². The molecular formula is C9H8ClN3O4. The minimum Gasteiger partial charge on any atom is -0.466 e. The average molecular weight is 258 g/mol. The number of hydrogen-bond acceptors (Lipinski definition) is 6. The van der Waals surface area contributed by atoms with Crippen LogP contribution in [0.3, 0.4) is 0 Å². The number of nitrogens with zero attached hydrogens (tertiary/aromatic N) is 2. The molecule has 0 spiro atoms. The van der Waals surface area contributed by atoms with E-state index in [9.17, 15) is 14.9 Å². The Morgan fingerprint density at radius 2 is 2.35 bits per heavy atom. The Morgan fingerprint density at radius 1 is 1.71 bits per heavy atom. The topological polar surface area (TPSA) is 108 Å². The van der Waals surface area contributed by atoms with Crippen molar-refractivity contribution in [3.63, 3.8) is 0 Å². The first kappa shape index (κ1) is 12.9. The van der Waals surface area contributed by atoms with Crippen LogP contribution in [0.4, 0.5) is 11.5 Å². The van der Waals surface area contributed by atoms with Crippen LogP contribution in [0.15, 0.2) is 12.1 Å². The molecule has 1 aromatic heterocycles. The van der Waals surface area contributed by atoms with E-state index in [0.717, 1.165) is 12.1 Å². The van der Waals surface area contributed by atoms with Crippen molar-refractivity contribution in [2.24, 2.45) is 0 Å². The normalized spacial score (nSPS) is 10.5. The molecule has 0 fully saturated rings. The SMILES string of the molecule is COC(=O)C=Cc1cc([N+](=O)[O-])c(N)nc1Cl. The third-order valence-corrected chi connectivity index (χ3v) is 2.11. The van der Waals surface area contributed by atoms with Gasteiger partial charge in [0, 0.05) is 17.7 Å². The Hall–Kier alpha value is -2.15. The number of carbonyl (C=O) groups is 1. The van der Waals surface area contributed by atoms with Gasteiger partial charge in [0.15, 0.2) is 0 Å². The Labute approximate surface area is 101 Å². The first-order valence-electron chi connectivity index (χ1n) is 4.32. The third kappa shape index (κ3) is 3.15. The van der Waals surface area contributed by atoms with Crippen LogP contribution in [-0.2, 0) is 9.53 Å². The smallest absolute Gasteiger partial charge is 0.330 e. The predicted octanol–water partition coefficient (Wildman–Crippen LogP) is 1.41. The zero-order chi connectivity index (χ0) is 13.0. The van der Waals surface area contributed by atoms with Gasteiger partial charge in [-0.2, -0.15) is 0 Å². The number of anilines is 1. The molecule has 2 N–H and O–H groups in total. The fourth-order valence-electron chi connectivity index (χ4n) is 0.997. The molecule has 0 atom stereocenters. The quantitative estimate of drug-likeness (QED) is 0.288. The van der Waals surface area contributed by atoms with Crippen molar-refractivity contribution in [2.45, 2.75) is 0 Å². The molecule has 0 aliphatic rings. The molecule has 8 heteroatoms. The largest absolute Gasteiger partial charge is 0.466 e. The monoisotopic (exact) mass is 257 g/mol. The molecule has 7 nitrogen and oxygen atoms in total. The van der Waals surface area contributed by atoms with E-state index in [-0.39, 0.29) is 22.2 Å². The average Bonchev–Trinajstić information content (AvgIpc) is 2.26. The summed E-state index contributed by atoms with van der Waals surface area (Å²) >= 11 is 5.72. The second kappa shape index (κ2) is 5.26. The molecule has 1 rings (SSSR count). The number of hydrogen-bond donors (Lipinski definition) is 1. The highest BCUT2D eigenvalue weighted by Crippen LogP contribution is 2.26. The van der Waals surface area contributed by atoms with E-state index < -0.39 is 10.9 Å². The van der Waals surface area contributed by atoms with Crippen LogP contribution in [0.2, 0.25) is 5.15 Å². The molecular weight excluding hydrogens is 250 g/mol. The van der Waals surface area contributed by atoms with Gasteiger partial charge in [0.2, 0.25) is 5.82 Å². The molecule has 0 aliphatic heterocycles. The number of nitrogens with two attached hydrogens (primary N) is 1. The van der Waals surface area contributed by atoms with Gasteiger partial charge in [-0.05, 0) is 6.08 Å². The lowest BCUT2D eigenvalue weighted by Gasteiger charge is -2.00. The zero-order valence-corrected chi connectivity index (χ0v) is 9.47. The van der Waals surface area contributed by atoms with Gasteiger partial charge in [0.1, 0.15) is 5.15 Å². The number of carbonyl (C=O) groups excluding carboxylic acids is 1. The Balaban J connectivity index is 3.16. The van der Waals surface area contributed by atoms with E-state index in [1.165, 1.54) is 13.2 Å². The molecule has 0 saturated heterocycles. The van der Waals surface area contributed by atoms with Gasteiger partial charge < -0.3 is 10.5 Å². The minimum absolute atomic E-state index is 0.0340. The molecule has 1 aromatic rings. The summed E-state index contributed by atoms with van der Waals surface area (Å²) in [7, 11) is 1.21. The molecule has 0 aromatic carbocycles. The molecule has 1 heterocycles. The molecule has 0 amide bonds. The van der Waals surface area contributed by atoms with Crippen LogP contribution >= 0.6 is 11.6 Å². The van der Waals surface area contributed by atoms with Gasteiger partial charge in [-0.15, -0.1) is 0 Å². The van der Waals surface area contributed by atoms with E-state index in [4.69, 9.17) is 17.3 Å². The molecule has 0 aliphatic carbocycles. The zero-order valence-electron chi connectivity index (χ0n) is 8.71. The van der Waals surface area contributed by atoms with Crippen molar-refractivity contribution in [1.82, 2.24) is 4.98 Å². The van der Waals surface area contributed by atoms with E-state index >= 15 is 0 Å². The lowest BCUT2D eigenvalue weighted by Crippen LogP contribution is -2.00. The number of nitro groups is 1. The first-order chi connectivity index (χ1) is 7.95. The highest BCUT2D eigenvalue weighted by Gasteiger charge is 2.15. The number of rotatable bonds is 3. The molecule has 0 radical (unpaired) electrons. The fraction of sp³-hybridized carbons (Fsp3) is 0.111. The van der Waals surface area contributed by atoms with Crippen molar-refractivity contribution in [3.8, 4) is 0 Å². The van der Waals surface area contributed by atoms with Crippen LogP contribution in [0.25, 0.3) is 6.08 Å². The molecule has 0 unspecified atom stereocenters. The van der Waals surface area contributed by atoms with E-state index in [1.54, 1.807) is 0 Å². The van der Waals surface area contributed by atoms with Crippen molar-refractivity contribution < 1.29 is 14.5 Å². The number of nitrogen functional groups attached to an aromatic ring is 1. The Kier molecular flexibility index (Phi) is 4.00. The minimum atomic E-state index is -0.686. The summed E-state index contributed by atoms with van der Waals surface area (Å²) in [6.45, 7) is 0. The Bertz CT molecular complexity index is 501. The lowest BCUT2D eigenvalue weighted by atomic mass is 10.2. The van der Waals surface area contributed by atoms with Crippen LogP contribution in [0.5, 0.6) is 0 Å². The number of methoxy groups -OCH3 is 1. The summed E-state index contributed by atoms with van der Waals surface area (Å²) in [5, 5.41) is 10.6. The molecule has 90 valence electrons. The lowest BCUT2D eigenvalue weighted by molar-refractivity contribution is -0.384. The standard InChI is InChI=1S/C9H8ClN3O4/c1-17-7(14)3-2-5-4-6(13(15)16)9(11)12-8(5)10/h2-4H,1H3,(H2,11,12). The van der Waals surface area contributed by atoms with Crippen molar-refractivity contribution in [1.29, 1.82) is 0 Å². The molecule has 0 bridgehead atoms. The van der Waals surface area contributed by atoms with Gasteiger partial charge >= 0.3 is 11.7 Å². The number of esters is 1. The van der Waals surface area contributed by atoms with Crippen molar-refractivity contribution in [2.75, 3.05) is 12.8 Å². The summed E-state index contributed by atoms with van der Waals surface area (Å²) < 4.78 is 4.37. The van der Waals surface area contributed by atoms with Gasteiger partial charge in [-0.3, -0.25) is 10.1 Å². The maximum absolute atomic E-state index is 10.9. The van der Waals surface area contributed by atoms with Gasteiger partial charge in [0.05, 0.1) is 12.0 Å². The number of ether oxygens (including phenoxy) is 1. The van der Waals surface area contributed by atoms with E-state index in [0.29, 0.717) is 0 Å². The molecule has 0 saturated carbocycles. The van der Waals surface area contributed by atoms with Gasteiger partial charge in [-0.1, -0.05) is 11.6 Å². The Morgan fingerprint density at radius 3 is 2.88 bits per heavy atom. The fourth-order valence-corrected chi connectivity index (χ4v) is 1.21. The van der Waals surface area contributed by atoms with Crippen LogP contribution in [-0.4, -0.2) is 23.0 Å². The van der Waals surface area contributed by atoms with Gasteiger partial charge in [-0.25, -0.2) is 9.78 Å². The first-order valence-corrected chi connectivity index (χ1v) is 4.70. The summed E-state index contributed by atoms with van der Waals surface area (Å²) in [5.74, 6) is -0.893. The number of pyridine rings is 1. The number of halogens is 1. The van der Waals surface area contributed by atoms with Crippen LogP contribution in [0, 0.1) is 10.1 Å².